The molecule has 0 aromatic heterocycles. The van der Waals surface area contributed by atoms with Gasteiger partial charge in [-0.15, -0.1) is 0 Å². The van der Waals surface area contributed by atoms with Gasteiger partial charge in [-0.05, 0) is 30.5 Å². The van der Waals surface area contributed by atoms with Crippen molar-refractivity contribution >= 4 is 5.91 Å². The molecule has 1 rings (SSSR count). The summed E-state index contributed by atoms with van der Waals surface area (Å²) in [6.45, 7) is 0. The molecule has 19 heavy (non-hydrogen) atoms. The zero-order chi connectivity index (χ0) is 14.3. The minimum absolute atomic E-state index is 0.0328. The van der Waals surface area contributed by atoms with E-state index >= 15 is 0 Å². The van der Waals surface area contributed by atoms with E-state index in [-0.39, 0.29) is 5.91 Å². The van der Waals surface area contributed by atoms with Gasteiger partial charge in [0.25, 0.3) is 0 Å². The molecule has 0 aliphatic heterocycles. The summed E-state index contributed by atoms with van der Waals surface area (Å²) in [6.07, 6.45) is 2.14. The third-order valence-corrected chi connectivity index (χ3v) is 2.67. The Bertz CT molecular complexity index is 419. The Morgan fingerprint density at radius 2 is 1.89 bits per heavy atom. The quantitative estimate of drug-likeness (QED) is 0.762. The fraction of sp³-hybridized carbons (Fsp3) is 0.500. The maximum absolute atomic E-state index is 11.5. The van der Waals surface area contributed by atoms with E-state index in [1.54, 1.807) is 33.3 Å². The number of nitrogens with zero attached hydrogens (tertiary/aromatic N) is 1. The molecule has 5 heteroatoms. The van der Waals surface area contributed by atoms with Gasteiger partial charge in [0.15, 0.2) is 11.5 Å². The highest BCUT2D eigenvalue weighted by atomic mass is 16.5. The largest absolute Gasteiger partial charge is 0.493 e. The van der Waals surface area contributed by atoms with Crippen LogP contribution in [0.25, 0.3) is 0 Å². The summed E-state index contributed by atoms with van der Waals surface area (Å²) in [5.74, 6) is 1.47. The number of carbonyl (C=O) groups is 1. The number of ether oxygens (including phenoxy) is 2. The smallest absolute Gasteiger partial charge is 0.234 e. The number of methoxy groups -OCH3 is 2. The molecule has 0 atom stereocenters. The van der Waals surface area contributed by atoms with E-state index in [1.165, 1.54) is 0 Å². The lowest BCUT2D eigenvalue weighted by atomic mass is 10.1. The van der Waals surface area contributed by atoms with Crippen LogP contribution in [0.5, 0.6) is 11.5 Å². The molecule has 0 saturated carbocycles. The number of carbonyl (C=O) groups excluding carboxylic acids is 1. The van der Waals surface area contributed by atoms with E-state index in [4.69, 9.17) is 9.47 Å². The third-order valence-electron chi connectivity index (χ3n) is 2.67. The molecule has 1 N–H and O–H groups in total. The van der Waals surface area contributed by atoms with Gasteiger partial charge in [-0.25, -0.2) is 5.01 Å². The summed E-state index contributed by atoms with van der Waals surface area (Å²) in [6, 6.07) is 5.82. The zero-order valence-electron chi connectivity index (χ0n) is 12.0. The van der Waals surface area contributed by atoms with Crippen LogP contribution in [0.15, 0.2) is 18.2 Å². The van der Waals surface area contributed by atoms with Gasteiger partial charge < -0.3 is 9.47 Å². The van der Waals surface area contributed by atoms with Gasteiger partial charge in [-0.3, -0.25) is 10.2 Å². The summed E-state index contributed by atoms with van der Waals surface area (Å²) in [5, 5.41) is 1.65. The van der Waals surface area contributed by atoms with E-state index in [0.29, 0.717) is 6.42 Å². The Balaban J connectivity index is 2.47. The van der Waals surface area contributed by atoms with Crippen LogP contribution in [0.1, 0.15) is 18.4 Å². The molecule has 0 saturated heterocycles. The van der Waals surface area contributed by atoms with Crippen molar-refractivity contribution in [1.82, 2.24) is 10.4 Å². The van der Waals surface area contributed by atoms with E-state index < -0.39 is 0 Å². The lowest BCUT2D eigenvalue weighted by molar-refractivity contribution is -0.124. The Kier molecular flexibility index (Phi) is 6.15. The monoisotopic (exact) mass is 266 g/mol. The van der Waals surface area contributed by atoms with E-state index in [0.717, 1.165) is 29.9 Å². The number of hydrogen-bond acceptors (Lipinski definition) is 4. The first-order valence-corrected chi connectivity index (χ1v) is 6.24. The number of hydrazine groups is 1. The van der Waals surface area contributed by atoms with Crippen molar-refractivity contribution in [3.05, 3.63) is 23.8 Å². The Morgan fingerprint density at radius 3 is 2.47 bits per heavy atom. The maximum Gasteiger partial charge on any atom is 0.234 e. The molecule has 0 bridgehead atoms. The summed E-state index contributed by atoms with van der Waals surface area (Å²) in [5.41, 5.74) is 3.85. The molecule has 0 spiro atoms. The number of rotatable bonds is 7. The number of amides is 1. The summed E-state index contributed by atoms with van der Waals surface area (Å²) < 4.78 is 10.4. The highest BCUT2D eigenvalue weighted by molar-refractivity contribution is 5.75. The first-order valence-electron chi connectivity index (χ1n) is 6.24. The van der Waals surface area contributed by atoms with Crippen molar-refractivity contribution in [3.63, 3.8) is 0 Å². The number of aryl methyl sites for hydroxylation is 1. The van der Waals surface area contributed by atoms with Crippen LogP contribution in [-0.4, -0.2) is 39.2 Å². The minimum atomic E-state index is 0.0328. The molecular formula is C14H22N2O3. The Labute approximate surface area is 114 Å². The van der Waals surface area contributed by atoms with Crippen LogP contribution in [0, 0.1) is 0 Å². The standard InChI is InChI=1S/C14H22N2O3/c1-16(2)15-14(17)7-5-6-11-8-9-12(18-3)13(10-11)19-4/h8-10H,5-7H2,1-4H3,(H,15,17). The SMILES string of the molecule is COc1ccc(CCCC(=O)NN(C)C)cc1OC. The van der Waals surface area contributed by atoms with Crippen LogP contribution < -0.4 is 14.9 Å². The van der Waals surface area contributed by atoms with Crippen LogP contribution in [0.4, 0.5) is 0 Å². The molecule has 106 valence electrons. The van der Waals surface area contributed by atoms with Gasteiger partial charge in [-0.1, -0.05) is 6.07 Å². The minimum Gasteiger partial charge on any atom is -0.493 e. The first-order chi connectivity index (χ1) is 9.06. The van der Waals surface area contributed by atoms with Crippen molar-refractivity contribution in [3.8, 4) is 11.5 Å². The van der Waals surface area contributed by atoms with Crippen LogP contribution in [0.3, 0.4) is 0 Å². The second-order valence-corrected chi connectivity index (χ2v) is 4.47. The molecule has 0 aliphatic rings. The maximum atomic E-state index is 11.5. The molecule has 0 unspecified atom stereocenters. The normalized spacial score (nSPS) is 10.4. The van der Waals surface area contributed by atoms with Crippen molar-refractivity contribution in [2.24, 2.45) is 0 Å². The molecule has 1 aromatic carbocycles. The average Bonchev–Trinajstić information content (AvgIpc) is 2.37. The fourth-order valence-corrected chi connectivity index (χ4v) is 1.79. The highest BCUT2D eigenvalue weighted by Gasteiger charge is 2.06. The number of nitrogens with one attached hydrogen (secondary N) is 1. The van der Waals surface area contributed by atoms with E-state index in [1.807, 2.05) is 18.2 Å². The summed E-state index contributed by atoms with van der Waals surface area (Å²) >= 11 is 0. The summed E-state index contributed by atoms with van der Waals surface area (Å²) in [7, 11) is 6.83. The van der Waals surface area contributed by atoms with Crippen molar-refractivity contribution in [2.45, 2.75) is 19.3 Å². The van der Waals surface area contributed by atoms with Gasteiger partial charge >= 0.3 is 0 Å². The molecule has 0 fully saturated rings. The average molecular weight is 266 g/mol. The fourth-order valence-electron chi connectivity index (χ4n) is 1.79. The highest BCUT2D eigenvalue weighted by Crippen LogP contribution is 2.28. The third kappa shape index (κ3) is 5.18. The van der Waals surface area contributed by atoms with Crippen LogP contribution in [0.2, 0.25) is 0 Å². The second kappa shape index (κ2) is 7.63. The Hall–Kier alpha value is -1.75. The molecule has 1 amide bonds. The van der Waals surface area contributed by atoms with Gasteiger partial charge in [0.1, 0.15) is 0 Å². The topological polar surface area (TPSA) is 50.8 Å². The molecule has 0 radical (unpaired) electrons. The van der Waals surface area contributed by atoms with Crippen molar-refractivity contribution in [1.29, 1.82) is 0 Å². The van der Waals surface area contributed by atoms with E-state index in [2.05, 4.69) is 5.43 Å². The molecule has 0 aliphatic carbocycles. The van der Waals surface area contributed by atoms with Crippen molar-refractivity contribution < 1.29 is 14.3 Å². The van der Waals surface area contributed by atoms with Gasteiger partial charge in [0, 0.05) is 20.5 Å². The van der Waals surface area contributed by atoms with E-state index in [9.17, 15) is 4.79 Å². The molecule has 0 heterocycles. The number of benzene rings is 1. The van der Waals surface area contributed by atoms with Gasteiger partial charge in [0.05, 0.1) is 14.2 Å². The first kappa shape index (κ1) is 15.3. The lowest BCUT2D eigenvalue weighted by Gasteiger charge is -2.12. The second-order valence-electron chi connectivity index (χ2n) is 4.47. The summed E-state index contributed by atoms with van der Waals surface area (Å²) in [4.78, 5) is 11.5. The van der Waals surface area contributed by atoms with Crippen LogP contribution >= 0.6 is 0 Å². The zero-order valence-corrected chi connectivity index (χ0v) is 12.0. The molecule has 1 aromatic rings. The lowest BCUT2D eigenvalue weighted by Crippen LogP contribution is -2.35. The molecule has 5 nitrogen and oxygen atoms in total. The predicted molar refractivity (Wildman–Crippen MR) is 74.3 cm³/mol. The van der Waals surface area contributed by atoms with Crippen molar-refractivity contribution in [2.75, 3.05) is 28.3 Å². The Morgan fingerprint density at radius 1 is 1.21 bits per heavy atom. The number of hydrogen-bond donors (Lipinski definition) is 1. The predicted octanol–water partition coefficient (Wildman–Crippen LogP) is 1.62. The molecular weight excluding hydrogens is 244 g/mol. The van der Waals surface area contributed by atoms with Gasteiger partial charge in [0.2, 0.25) is 5.91 Å². The van der Waals surface area contributed by atoms with Gasteiger partial charge in [-0.2, -0.15) is 0 Å². The van der Waals surface area contributed by atoms with Crippen LogP contribution in [-0.2, 0) is 11.2 Å².